The minimum Gasteiger partial charge on any atom is -0.494 e. The Morgan fingerprint density at radius 2 is 2.00 bits per heavy atom. The monoisotopic (exact) mass is 301 g/mol. The third-order valence-corrected chi connectivity index (χ3v) is 3.41. The number of ether oxygens (including phenoxy) is 1. The van der Waals surface area contributed by atoms with Gasteiger partial charge in [-0.2, -0.15) is 0 Å². The van der Waals surface area contributed by atoms with E-state index in [9.17, 15) is 9.59 Å². The maximum atomic E-state index is 12.1. The van der Waals surface area contributed by atoms with Crippen LogP contribution in [0.2, 0.25) is 0 Å². The number of benzene rings is 1. The van der Waals surface area contributed by atoms with E-state index in [1.807, 2.05) is 31.2 Å². The number of hydrogen-bond donors (Lipinski definition) is 1. The van der Waals surface area contributed by atoms with Gasteiger partial charge in [-0.1, -0.05) is 12.1 Å². The fourth-order valence-corrected chi connectivity index (χ4v) is 2.23. The highest BCUT2D eigenvalue weighted by molar-refractivity contribution is 5.87. The van der Waals surface area contributed by atoms with Gasteiger partial charge in [0.15, 0.2) is 0 Å². The molecule has 0 unspecified atom stereocenters. The molecule has 0 saturated heterocycles. The van der Waals surface area contributed by atoms with Gasteiger partial charge in [-0.05, 0) is 50.1 Å². The summed E-state index contributed by atoms with van der Waals surface area (Å²) in [4.78, 5) is 23.1. The van der Waals surface area contributed by atoms with Crippen LogP contribution >= 0.6 is 0 Å². The standard InChI is InChI=1S/C17H19NO4/c1-12-5-3-6-14(11-12)22-10-4-9-18-13(2)7-8-15(16(18)19)17(20)21/h3,5-8,11H,4,9-10H2,1-2H3,(H,20,21). The number of carboxylic acid groups (broad SMARTS) is 1. The normalized spacial score (nSPS) is 10.5. The number of aromatic nitrogens is 1. The van der Waals surface area contributed by atoms with Crippen molar-refractivity contribution in [1.29, 1.82) is 0 Å². The summed E-state index contributed by atoms with van der Waals surface area (Å²) in [7, 11) is 0. The fraction of sp³-hybridized carbons (Fsp3) is 0.294. The lowest BCUT2D eigenvalue weighted by molar-refractivity contribution is 0.0694. The first-order valence-corrected chi connectivity index (χ1v) is 7.12. The Morgan fingerprint density at radius 3 is 2.68 bits per heavy atom. The minimum atomic E-state index is -1.20. The van der Waals surface area contributed by atoms with Crippen molar-refractivity contribution in [2.45, 2.75) is 26.8 Å². The molecule has 1 aromatic heterocycles. The first-order chi connectivity index (χ1) is 10.5. The van der Waals surface area contributed by atoms with Gasteiger partial charge in [-0.25, -0.2) is 4.79 Å². The summed E-state index contributed by atoms with van der Waals surface area (Å²) in [5.74, 6) is -0.405. The predicted molar refractivity (Wildman–Crippen MR) is 83.7 cm³/mol. The smallest absolute Gasteiger partial charge is 0.341 e. The summed E-state index contributed by atoms with van der Waals surface area (Å²) in [6.07, 6.45) is 0.623. The molecule has 0 saturated carbocycles. The van der Waals surface area contributed by atoms with Crippen molar-refractivity contribution in [3.8, 4) is 5.75 Å². The van der Waals surface area contributed by atoms with Crippen molar-refractivity contribution in [3.63, 3.8) is 0 Å². The molecule has 0 amide bonds. The van der Waals surface area contributed by atoms with E-state index in [2.05, 4.69) is 0 Å². The highest BCUT2D eigenvalue weighted by atomic mass is 16.5. The second kappa shape index (κ2) is 6.93. The Bertz CT molecular complexity index is 734. The van der Waals surface area contributed by atoms with Gasteiger partial charge in [-0.15, -0.1) is 0 Å². The summed E-state index contributed by atoms with van der Waals surface area (Å²) in [5.41, 5.74) is 1.19. The lowest BCUT2D eigenvalue weighted by atomic mass is 10.2. The van der Waals surface area contributed by atoms with Gasteiger partial charge < -0.3 is 14.4 Å². The predicted octanol–water partition coefficient (Wildman–Crippen LogP) is 2.63. The number of aromatic carboxylic acids is 1. The van der Waals surface area contributed by atoms with E-state index in [0.717, 1.165) is 17.0 Å². The van der Waals surface area contributed by atoms with Gasteiger partial charge in [0.25, 0.3) is 5.56 Å². The van der Waals surface area contributed by atoms with Gasteiger partial charge in [0.2, 0.25) is 0 Å². The first-order valence-electron chi connectivity index (χ1n) is 7.12. The second-order valence-electron chi connectivity index (χ2n) is 5.17. The van der Waals surface area contributed by atoms with Gasteiger partial charge in [-0.3, -0.25) is 4.79 Å². The van der Waals surface area contributed by atoms with Crippen molar-refractivity contribution in [2.24, 2.45) is 0 Å². The molecule has 0 radical (unpaired) electrons. The molecule has 116 valence electrons. The topological polar surface area (TPSA) is 68.5 Å². The van der Waals surface area contributed by atoms with Crippen molar-refractivity contribution in [3.05, 3.63) is 63.6 Å². The third kappa shape index (κ3) is 3.75. The van der Waals surface area contributed by atoms with Crippen LogP contribution in [0, 0.1) is 13.8 Å². The van der Waals surface area contributed by atoms with E-state index in [1.54, 1.807) is 13.0 Å². The summed E-state index contributed by atoms with van der Waals surface area (Å²) >= 11 is 0. The Balaban J connectivity index is 1.99. The molecule has 0 aliphatic rings. The fourth-order valence-electron chi connectivity index (χ4n) is 2.23. The van der Waals surface area contributed by atoms with Gasteiger partial charge in [0, 0.05) is 12.2 Å². The summed E-state index contributed by atoms with van der Waals surface area (Å²) in [6.45, 7) is 4.67. The van der Waals surface area contributed by atoms with Gasteiger partial charge in [0.1, 0.15) is 11.3 Å². The van der Waals surface area contributed by atoms with E-state index in [4.69, 9.17) is 9.84 Å². The molecule has 0 atom stereocenters. The number of nitrogens with zero attached hydrogens (tertiary/aromatic N) is 1. The van der Waals surface area contributed by atoms with Crippen LogP contribution in [0.3, 0.4) is 0 Å². The second-order valence-corrected chi connectivity index (χ2v) is 5.17. The Morgan fingerprint density at radius 1 is 1.23 bits per heavy atom. The summed E-state index contributed by atoms with van der Waals surface area (Å²) in [5, 5.41) is 8.99. The van der Waals surface area contributed by atoms with E-state index in [1.165, 1.54) is 10.6 Å². The Hall–Kier alpha value is -2.56. The number of rotatable bonds is 6. The first kappa shape index (κ1) is 15.8. The van der Waals surface area contributed by atoms with E-state index >= 15 is 0 Å². The molecule has 0 aliphatic heterocycles. The van der Waals surface area contributed by atoms with Crippen LogP contribution in [-0.2, 0) is 6.54 Å². The number of carbonyl (C=O) groups is 1. The number of aryl methyl sites for hydroxylation is 2. The van der Waals surface area contributed by atoms with Crippen LogP contribution in [0.1, 0.15) is 28.0 Å². The van der Waals surface area contributed by atoms with E-state index in [-0.39, 0.29) is 5.56 Å². The van der Waals surface area contributed by atoms with Crippen molar-refractivity contribution < 1.29 is 14.6 Å². The summed E-state index contributed by atoms with van der Waals surface area (Å²) < 4.78 is 7.11. The van der Waals surface area contributed by atoms with Crippen LogP contribution in [0.5, 0.6) is 5.75 Å². The van der Waals surface area contributed by atoms with Gasteiger partial charge >= 0.3 is 5.97 Å². The lowest BCUT2D eigenvalue weighted by Crippen LogP contribution is -2.28. The Labute approximate surface area is 128 Å². The number of hydrogen-bond acceptors (Lipinski definition) is 3. The largest absolute Gasteiger partial charge is 0.494 e. The quantitative estimate of drug-likeness (QED) is 0.833. The SMILES string of the molecule is Cc1cccc(OCCCn2c(C)ccc(C(=O)O)c2=O)c1. The molecule has 0 aliphatic carbocycles. The number of pyridine rings is 1. The van der Waals surface area contributed by atoms with Crippen LogP contribution in [0.4, 0.5) is 0 Å². The van der Waals surface area contributed by atoms with E-state index < -0.39 is 11.5 Å². The zero-order valence-corrected chi connectivity index (χ0v) is 12.7. The Kier molecular flexibility index (Phi) is 4.99. The maximum Gasteiger partial charge on any atom is 0.341 e. The highest BCUT2D eigenvalue weighted by Gasteiger charge is 2.12. The molecule has 1 aromatic carbocycles. The minimum absolute atomic E-state index is 0.204. The molecule has 2 rings (SSSR count). The van der Waals surface area contributed by atoms with E-state index in [0.29, 0.717) is 19.6 Å². The molecular weight excluding hydrogens is 282 g/mol. The molecule has 1 heterocycles. The van der Waals surface area contributed by atoms with Crippen molar-refractivity contribution in [1.82, 2.24) is 4.57 Å². The average molecular weight is 301 g/mol. The highest BCUT2D eigenvalue weighted by Crippen LogP contribution is 2.12. The zero-order chi connectivity index (χ0) is 16.1. The van der Waals surface area contributed by atoms with Gasteiger partial charge in [0.05, 0.1) is 6.61 Å². The van der Waals surface area contributed by atoms with Crippen LogP contribution < -0.4 is 10.3 Å². The average Bonchev–Trinajstić information content (AvgIpc) is 2.46. The third-order valence-electron chi connectivity index (χ3n) is 3.41. The van der Waals surface area contributed by atoms with Crippen molar-refractivity contribution in [2.75, 3.05) is 6.61 Å². The van der Waals surface area contributed by atoms with Crippen LogP contribution in [0.25, 0.3) is 0 Å². The zero-order valence-electron chi connectivity index (χ0n) is 12.7. The molecule has 0 spiro atoms. The molecule has 2 aromatic rings. The maximum absolute atomic E-state index is 12.1. The van der Waals surface area contributed by atoms with Crippen molar-refractivity contribution >= 4 is 5.97 Å². The molecule has 0 fully saturated rings. The summed E-state index contributed by atoms with van der Waals surface area (Å²) in [6, 6.07) is 10.7. The number of carboxylic acids is 1. The van der Waals surface area contributed by atoms with Crippen LogP contribution in [-0.4, -0.2) is 22.2 Å². The van der Waals surface area contributed by atoms with Crippen LogP contribution in [0.15, 0.2) is 41.2 Å². The molecule has 22 heavy (non-hydrogen) atoms. The molecule has 5 heteroatoms. The molecule has 0 bridgehead atoms. The molecule has 5 nitrogen and oxygen atoms in total. The molecule has 1 N–H and O–H groups in total. The molecular formula is C17H19NO4. The lowest BCUT2D eigenvalue weighted by Gasteiger charge is -2.11.